The van der Waals surface area contributed by atoms with E-state index in [0.717, 1.165) is 10.6 Å². The van der Waals surface area contributed by atoms with Crippen LogP contribution in [0.25, 0.3) is 0 Å². The van der Waals surface area contributed by atoms with E-state index in [-0.39, 0.29) is 18.8 Å². The zero-order valence-corrected chi connectivity index (χ0v) is 9.60. The third-order valence-corrected chi connectivity index (χ3v) is 2.85. The minimum Gasteiger partial charge on any atom is -0.253 e. The molecule has 0 aromatic heterocycles. The number of hydrogen-bond acceptors (Lipinski definition) is 2. The number of rotatable bonds is 3. The van der Waals surface area contributed by atoms with Crippen molar-refractivity contribution in [3.63, 3.8) is 0 Å². The highest BCUT2D eigenvalue weighted by Gasteiger charge is 2.27. The highest BCUT2D eigenvalue weighted by Crippen LogP contribution is 2.35. The Morgan fingerprint density at radius 3 is 3.00 bits per heavy atom. The van der Waals surface area contributed by atoms with Crippen LogP contribution in [0.2, 0.25) is 0 Å². The van der Waals surface area contributed by atoms with Gasteiger partial charge in [0, 0.05) is 6.50 Å². The molecular weight excluding hydrogens is 200 g/mol. The topological polar surface area (TPSA) is 32.7 Å². The molecule has 1 aliphatic heterocycles. The van der Waals surface area contributed by atoms with Gasteiger partial charge in [0.05, 0.1) is 15.4 Å². The third kappa shape index (κ3) is 1.94. The third-order valence-electron chi connectivity index (χ3n) is 2.85. The van der Waals surface area contributed by atoms with Gasteiger partial charge in [-0.1, -0.05) is 38.1 Å². The molecule has 0 aliphatic carbocycles. The van der Waals surface area contributed by atoms with Gasteiger partial charge in [0.25, 0.3) is 0 Å². The zero-order valence-electron chi connectivity index (χ0n) is 12.6. The lowest BCUT2D eigenvalue weighted by atomic mass is 9.92. The second kappa shape index (κ2) is 4.64. The van der Waals surface area contributed by atoms with Gasteiger partial charge in [0.1, 0.15) is 0 Å². The van der Waals surface area contributed by atoms with Crippen LogP contribution >= 0.6 is 0 Å². The maximum Gasteiger partial charge on any atom is 0.0755 e. The molecule has 16 heavy (non-hydrogen) atoms. The SMILES string of the molecule is [2H]C1([2H])CCC([2H])(c2ccccc2C(C)C)N1N=O. The van der Waals surface area contributed by atoms with E-state index in [1.165, 1.54) is 0 Å². The van der Waals surface area contributed by atoms with Gasteiger partial charge in [-0.05, 0) is 29.9 Å². The lowest BCUT2D eigenvalue weighted by Crippen LogP contribution is -2.17. The first-order valence-electron chi connectivity index (χ1n) is 7.06. The predicted molar refractivity (Wildman–Crippen MR) is 65.0 cm³/mol. The van der Waals surface area contributed by atoms with Crippen LogP contribution in [-0.4, -0.2) is 11.5 Å². The molecule has 1 heterocycles. The summed E-state index contributed by atoms with van der Waals surface area (Å²) in [6.45, 7) is 2.18. The molecule has 86 valence electrons. The fraction of sp³-hybridized carbons (Fsp3) is 0.538. The van der Waals surface area contributed by atoms with Gasteiger partial charge in [0.15, 0.2) is 0 Å². The number of nitrogens with zero attached hydrogens (tertiary/aromatic N) is 2. The van der Waals surface area contributed by atoms with Gasteiger partial charge in [-0.25, -0.2) is 0 Å². The molecule has 1 aromatic carbocycles. The van der Waals surface area contributed by atoms with Crippen LogP contribution < -0.4 is 0 Å². The quantitative estimate of drug-likeness (QED) is 0.730. The normalized spacial score (nSPS) is 30.9. The number of nitroso groups, excluding NO2 is 1. The van der Waals surface area contributed by atoms with Gasteiger partial charge in [-0.15, -0.1) is 4.91 Å². The van der Waals surface area contributed by atoms with Crippen LogP contribution in [0.4, 0.5) is 0 Å². The first-order chi connectivity index (χ1) is 8.83. The van der Waals surface area contributed by atoms with Crippen LogP contribution in [0.1, 0.15) is 53.9 Å². The van der Waals surface area contributed by atoms with E-state index >= 15 is 0 Å². The summed E-state index contributed by atoms with van der Waals surface area (Å²) >= 11 is 0. The van der Waals surface area contributed by atoms with Crippen molar-refractivity contribution in [2.24, 2.45) is 5.29 Å². The van der Waals surface area contributed by atoms with Gasteiger partial charge < -0.3 is 0 Å². The molecule has 1 fully saturated rings. The first-order valence-corrected chi connectivity index (χ1v) is 5.56. The molecule has 0 N–H and O–H groups in total. The second-order valence-corrected chi connectivity index (χ2v) is 4.24. The Bertz CT molecular complexity index is 493. The van der Waals surface area contributed by atoms with Crippen molar-refractivity contribution in [2.45, 2.75) is 38.6 Å². The molecule has 1 aromatic rings. The molecule has 1 atom stereocenters. The zero-order chi connectivity index (χ0) is 14.3. The van der Waals surface area contributed by atoms with Crippen LogP contribution in [0, 0.1) is 4.91 Å². The van der Waals surface area contributed by atoms with E-state index in [9.17, 15) is 4.91 Å². The van der Waals surface area contributed by atoms with Gasteiger partial charge >= 0.3 is 0 Å². The summed E-state index contributed by atoms with van der Waals surface area (Å²) < 4.78 is 24.2. The Morgan fingerprint density at radius 2 is 2.31 bits per heavy atom. The smallest absolute Gasteiger partial charge is 0.0755 e. The van der Waals surface area contributed by atoms with Gasteiger partial charge in [0.2, 0.25) is 0 Å². The van der Waals surface area contributed by atoms with E-state index in [2.05, 4.69) is 5.29 Å². The van der Waals surface area contributed by atoms with Crippen molar-refractivity contribution >= 4 is 0 Å². The molecule has 3 heteroatoms. The van der Waals surface area contributed by atoms with Crippen molar-refractivity contribution < 1.29 is 4.11 Å². The standard InChI is InChI=1S/C13H18N2O/c1-10(2)11-6-3-4-7-12(11)13-8-5-9-15(13)14-16/h3-4,6-7,10,13H,5,8-9H2,1-2H3/i9D2,13D. The fourth-order valence-corrected chi connectivity index (χ4v) is 2.07. The van der Waals surface area contributed by atoms with E-state index < -0.39 is 12.5 Å². The van der Waals surface area contributed by atoms with E-state index in [0.29, 0.717) is 5.56 Å². The fourth-order valence-electron chi connectivity index (χ4n) is 2.07. The monoisotopic (exact) mass is 221 g/mol. The van der Waals surface area contributed by atoms with E-state index in [1.54, 1.807) is 6.07 Å². The van der Waals surface area contributed by atoms with Crippen molar-refractivity contribution in [2.75, 3.05) is 6.50 Å². The Hall–Kier alpha value is -1.38. The van der Waals surface area contributed by atoms with Crippen LogP contribution in [0.5, 0.6) is 0 Å². The average Bonchev–Trinajstić information content (AvgIpc) is 2.60. The van der Waals surface area contributed by atoms with Crippen molar-refractivity contribution in [3.8, 4) is 0 Å². The Balaban J connectivity index is 2.55. The molecular formula is C13H18N2O. The Kier molecular flexibility index (Phi) is 2.27. The van der Waals surface area contributed by atoms with Crippen LogP contribution in [0.3, 0.4) is 0 Å². The molecule has 1 aliphatic rings. The molecule has 3 nitrogen and oxygen atoms in total. The maximum absolute atomic E-state index is 11.0. The lowest BCUT2D eigenvalue weighted by molar-refractivity contribution is 0.265. The number of hydrogen-bond donors (Lipinski definition) is 0. The molecule has 0 bridgehead atoms. The predicted octanol–water partition coefficient (Wildman–Crippen LogP) is 3.63. The largest absolute Gasteiger partial charge is 0.253 e. The first kappa shape index (κ1) is 7.82. The Morgan fingerprint density at radius 1 is 1.56 bits per heavy atom. The van der Waals surface area contributed by atoms with Gasteiger partial charge in [-0.3, -0.25) is 5.01 Å². The summed E-state index contributed by atoms with van der Waals surface area (Å²) in [5.41, 5.74) is 1.63. The molecule has 1 unspecified atom stereocenters. The van der Waals surface area contributed by atoms with Gasteiger partial charge in [-0.2, -0.15) is 0 Å². The molecule has 0 saturated carbocycles. The highest BCUT2D eigenvalue weighted by molar-refractivity contribution is 5.32. The molecule has 2 rings (SSSR count). The molecule has 0 amide bonds. The summed E-state index contributed by atoms with van der Waals surface area (Å²) in [6.07, 6.45) is 0.393. The summed E-state index contributed by atoms with van der Waals surface area (Å²) in [5.74, 6) is 0.207. The minimum atomic E-state index is -1.85. The summed E-state index contributed by atoms with van der Waals surface area (Å²) in [4.78, 5) is 11.0. The van der Waals surface area contributed by atoms with Crippen molar-refractivity contribution in [3.05, 3.63) is 40.3 Å². The summed E-state index contributed by atoms with van der Waals surface area (Å²) in [5, 5.41) is 3.56. The maximum atomic E-state index is 11.0. The average molecular weight is 221 g/mol. The molecule has 0 radical (unpaired) electrons. The Labute approximate surface area is 101 Å². The van der Waals surface area contributed by atoms with Crippen molar-refractivity contribution in [1.82, 2.24) is 5.01 Å². The highest BCUT2D eigenvalue weighted by atomic mass is 16.3. The van der Waals surface area contributed by atoms with Crippen LogP contribution in [0.15, 0.2) is 29.6 Å². The summed E-state index contributed by atoms with van der Waals surface area (Å²) in [6, 6.07) is 6.01. The molecule has 0 spiro atoms. The van der Waals surface area contributed by atoms with Crippen molar-refractivity contribution in [1.29, 1.82) is 0 Å². The van der Waals surface area contributed by atoms with E-state index in [1.807, 2.05) is 32.0 Å². The number of benzene rings is 1. The summed E-state index contributed by atoms with van der Waals surface area (Å²) in [7, 11) is 0. The van der Waals surface area contributed by atoms with E-state index in [4.69, 9.17) is 4.11 Å². The minimum absolute atomic E-state index is 0.134. The lowest BCUT2D eigenvalue weighted by Gasteiger charge is -2.22. The van der Waals surface area contributed by atoms with Crippen LogP contribution in [-0.2, 0) is 0 Å². The second-order valence-electron chi connectivity index (χ2n) is 4.24. The molecule has 1 saturated heterocycles.